The van der Waals surface area contributed by atoms with E-state index in [0.29, 0.717) is 30.5 Å². The van der Waals surface area contributed by atoms with Crippen LogP contribution in [0.3, 0.4) is 0 Å². The molecule has 0 saturated carbocycles. The number of carbonyl (C=O) groups is 3. The van der Waals surface area contributed by atoms with Gasteiger partial charge in [-0.1, -0.05) is 18.2 Å². The summed E-state index contributed by atoms with van der Waals surface area (Å²) in [5, 5.41) is 5.60. The fraction of sp³-hybridized carbons (Fsp3) is 0.211. The van der Waals surface area contributed by atoms with Crippen molar-refractivity contribution in [2.45, 2.75) is 25.4 Å². The van der Waals surface area contributed by atoms with Crippen LogP contribution in [0.25, 0.3) is 0 Å². The van der Waals surface area contributed by atoms with Crippen LogP contribution in [0.4, 0.5) is 11.4 Å². The molecule has 0 saturated heterocycles. The van der Waals surface area contributed by atoms with Gasteiger partial charge in [-0.15, -0.1) is 0 Å². The number of benzene rings is 2. The maximum atomic E-state index is 12.5. The van der Waals surface area contributed by atoms with E-state index in [2.05, 4.69) is 10.6 Å². The molecule has 1 unspecified atom stereocenters. The summed E-state index contributed by atoms with van der Waals surface area (Å²) in [6.45, 7) is 0. The van der Waals surface area contributed by atoms with Crippen LogP contribution in [-0.2, 0) is 27.2 Å². The van der Waals surface area contributed by atoms with E-state index in [1.807, 2.05) is 18.2 Å². The first-order valence-corrected chi connectivity index (χ1v) is 8.13. The van der Waals surface area contributed by atoms with Crippen molar-refractivity contribution in [3.05, 3.63) is 59.2 Å². The molecule has 2 N–H and O–H groups in total. The lowest BCUT2D eigenvalue weighted by Gasteiger charge is -2.24. The molecule has 0 fully saturated rings. The van der Waals surface area contributed by atoms with E-state index in [1.165, 1.54) is 0 Å². The van der Waals surface area contributed by atoms with Gasteiger partial charge in [0.1, 0.15) is 0 Å². The fourth-order valence-electron chi connectivity index (χ4n) is 3.16. The summed E-state index contributed by atoms with van der Waals surface area (Å²) < 4.78 is 5.27. The van der Waals surface area contributed by atoms with Gasteiger partial charge in [-0.25, -0.2) is 4.79 Å². The highest BCUT2D eigenvalue weighted by molar-refractivity contribution is 6.00. The molecular weight excluding hydrogens is 320 g/mol. The number of hydrogen-bond acceptors (Lipinski definition) is 4. The van der Waals surface area contributed by atoms with Crippen LogP contribution in [0.2, 0.25) is 0 Å². The second-order valence-corrected chi connectivity index (χ2v) is 6.16. The van der Waals surface area contributed by atoms with Crippen LogP contribution in [-0.4, -0.2) is 23.9 Å². The van der Waals surface area contributed by atoms with Crippen molar-refractivity contribution in [1.29, 1.82) is 0 Å². The van der Waals surface area contributed by atoms with Gasteiger partial charge in [0.2, 0.25) is 5.91 Å². The zero-order valence-electron chi connectivity index (χ0n) is 13.4. The minimum absolute atomic E-state index is 0.00271. The zero-order chi connectivity index (χ0) is 17.4. The Kier molecular flexibility index (Phi) is 3.72. The van der Waals surface area contributed by atoms with E-state index in [-0.39, 0.29) is 11.8 Å². The minimum Gasteiger partial charge on any atom is -0.448 e. The summed E-state index contributed by atoms with van der Waals surface area (Å²) in [6.07, 6.45) is 0.574. The first kappa shape index (κ1) is 15.4. The van der Waals surface area contributed by atoms with Crippen molar-refractivity contribution in [3.63, 3.8) is 0 Å². The lowest BCUT2D eigenvalue weighted by molar-refractivity contribution is -0.125. The molecule has 2 heterocycles. The number of rotatable bonds is 2. The third-order valence-corrected chi connectivity index (χ3v) is 4.45. The third kappa shape index (κ3) is 2.98. The Labute approximate surface area is 144 Å². The number of ether oxygens (including phenoxy) is 1. The number of carbonyl (C=O) groups excluding carboxylic acids is 3. The van der Waals surface area contributed by atoms with Crippen LogP contribution in [0.1, 0.15) is 27.9 Å². The summed E-state index contributed by atoms with van der Waals surface area (Å²) >= 11 is 0. The summed E-state index contributed by atoms with van der Waals surface area (Å²) in [5.41, 5.74) is 3.69. The number of nitrogens with one attached hydrogen (secondary N) is 2. The number of anilines is 2. The van der Waals surface area contributed by atoms with E-state index < -0.39 is 12.1 Å². The van der Waals surface area contributed by atoms with Crippen molar-refractivity contribution < 1.29 is 19.1 Å². The number of hydrogen-bond donors (Lipinski definition) is 2. The monoisotopic (exact) mass is 336 g/mol. The summed E-state index contributed by atoms with van der Waals surface area (Å²) in [7, 11) is 0. The average molecular weight is 336 g/mol. The lowest BCUT2D eigenvalue weighted by atomic mass is 9.98. The quantitative estimate of drug-likeness (QED) is 0.824. The molecule has 0 spiro atoms. The number of amides is 2. The second-order valence-electron chi connectivity index (χ2n) is 6.16. The fourth-order valence-corrected chi connectivity index (χ4v) is 3.16. The normalized spacial score (nSPS) is 18.5. The summed E-state index contributed by atoms with van der Waals surface area (Å²) in [6, 6.07) is 12.5. The van der Waals surface area contributed by atoms with Gasteiger partial charge in [-0.2, -0.15) is 0 Å². The molecule has 0 aromatic heterocycles. The highest BCUT2D eigenvalue weighted by Crippen LogP contribution is 2.26. The van der Waals surface area contributed by atoms with Crippen molar-refractivity contribution >= 4 is 29.2 Å². The molecule has 1 atom stereocenters. The van der Waals surface area contributed by atoms with E-state index in [9.17, 15) is 14.4 Å². The molecule has 6 heteroatoms. The van der Waals surface area contributed by atoms with E-state index >= 15 is 0 Å². The number of esters is 1. The number of fused-ring (bicyclic) bond motifs is 2. The Balaban J connectivity index is 1.50. The molecule has 2 aromatic carbocycles. The van der Waals surface area contributed by atoms with Crippen LogP contribution in [0.15, 0.2) is 42.5 Å². The van der Waals surface area contributed by atoms with Gasteiger partial charge in [0, 0.05) is 24.2 Å². The molecule has 6 nitrogen and oxygen atoms in total. The molecule has 25 heavy (non-hydrogen) atoms. The highest BCUT2D eigenvalue weighted by atomic mass is 16.5. The Morgan fingerprint density at radius 3 is 2.80 bits per heavy atom. The van der Waals surface area contributed by atoms with E-state index in [4.69, 9.17) is 4.74 Å². The topological polar surface area (TPSA) is 84.5 Å². The first-order valence-electron chi connectivity index (χ1n) is 8.13. The summed E-state index contributed by atoms with van der Waals surface area (Å²) in [4.78, 5) is 35.9. The molecule has 0 bridgehead atoms. The average Bonchev–Trinajstić information content (AvgIpc) is 2.62. The van der Waals surface area contributed by atoms with Crippen molar-refractivity contribution in [3.8, 4) is 0 Å². The van der Waals surface area contributed by atoms with Gasteiger partial charge in [-0.05, 0) is 41.8 Å². The molecule has 0 radical (unpaired) electrons. The zero-order valence-corrected chi connectivity index (χ0v) is 13.4. The van der Waals surface area contributed by atoms with Gasteiger partial charge in [0.05, 0.1) is 5.56 Å². The molecule has 4 rings (SSSR count). The highest BCUT2D eigenvalue weighted by Gasteiger charge is 2.31. The van der Waals surface area contributed by atoms with Crippen LogP contribution in [0.5, 0.6) is 0 Å². The van der Waals surface area contributed by atoms with E-state index in [0.717, 1.165) is 16.8 Å². The molecule has 0 aliphatic carbocycles. The van der Waals surface area contributed by atoms with Crippen molar-refractivity contribution in [2.75, 3.05) is 10.6 Å². The first-order chi connectivity index (χ1) is 12.1. The Morgan fingerprint density at radius 1 is 1.08 bits per heavy atom. The predicted octanol–water partition coefficient (Wildman–Crippen LogP) is 2.29. The molecular formula is C19H16N2O4. The van der Waals surface area contributed by atoms with Gasteiger partial charge < -0.3 is 15.4 Å². The minimum atomic E-state index is -0.849. The summed E-state index contributed by atoms with van der Waals surface area (Å²) in [5.74, 6) is -0.838. The van der Waals surface area contributed by atoms with Gasteiger partial charge >= 0.3 is 5.97 Å². The third-order valence-electron chi connectivity index (χ3n) is 4.45. The molecule has 126 valence electrons. The van der Waals surface area contributed by atoms with Crippen molar-refractivity contribution in [1.82, 2.24) is 0 Å². The largest absolute Gasteiger partial charge is 0.448 e. The maximum Gasteiger partial charge on any atom is 0.339 e. The molecule has 2 aliphatic rings. The lowest BCUT2D eigenvalue weighted by Crippen LogP contribution is -2.38. The predicted molar refractivity (Wildman–Crippen MR) is 91.4 cm³/mol. The second kappa shape index (κ2) is 6.05. The van der Waals surface area contributed by atoms with Crippen LogP contribution in [0, 0.1) is 0 Å². The van der Waals surface area contributed by atoms with Crippen LogP contribution >= 0.6 is 0 Å². The Hall–Kier alpha value is -3.15. The van der Waals surface area contributed by atoms with Gasteiger partial charge in [0.25, 0.3) is 5.91 Å². The maximum absolute atomic E-state index is 12.5. The number of cyclic esters (lactones) is 1. The van der Waals surface area contributed by atoms with Crippen LogP contribution < -0.4 is 10.6 Å². The molecule has 2 aromatic rings. The molecule has 2 aliphatic heterocycles. The van der Waals surface area contributed by atoms with Gasteiger partial charge in [0.15, 0.2) is 6.10 Å². The van der Waals surface area contributed by atoms with E-state index in [1.54, 1.807) is 24.3 Å². The SMILES string of the molecule is O=C1CCc2cc(NC(=O)C3Cc4ccccc4C(=O)O3)ccc2N1. The standard InChI is InChI=1S/C19H16N2O4/c22-17-8-5-12-9-13(6-7-15(12)21-17)20-18(23)16-10-11-3-1-2-4-14(11)19(24)25-16/h1-4,6-7,9,16H,5,8,10H2,(H,20,23)(H,21,22). The van der Waals surface area contributed by atoms with Crippen molar-refractivity contribution in [2.24, 2.45) is 0 Å². The smallest absolute Gasteiger partial charge is 0.339 e. The Morgan fingerprint density at radius 2 is 1.92 bits per heavy atom. The molecule has 2 amide bonds. The van der Waals surface area contributed by atoms with Gasteiger partial charge in [-0.3, -0.25) is 9.59 Å². The number of aryl methyl sites for hydroxylation is 1. The Bertz CT molecular complexity index is 891.